The molecule has 0 amide bonds. The van der Waals surface area contributed by atoms with Crippen molar-refractivity contribution in [2.24, 2.45) is 11.8 Å². The van der Waals surface area contributed by atoms with Gasteiger partial charge in [-0.25, -0.2) is 0 Å². The standard InChI is InChI=1S/C13H19N.C8H16.C2H6/c1-12-7-9-14(10-8-12)11-13-5-3-2-4-6-13;1-8-6-4-2-3-5-7-8;1-2/h2-6,12H,7-11H2,1H3;8H,2-7H2,1H3;1-2H3. The second-order valence-corrected chi connectivity index (χ2v) is 7.54. The molecule has 1 aromatic rings. The van der Waals surface area contributed by atoms with Crippen LogP contribution in [-0.2, 0) is 6.54 Å². The molecule has 0 bridgehead atoms. The lowest BCUT2D eigenvalue weighted by Crippen LogP contribution is -2.32. The summed E-state index contributed by atoms with van der Waals surface area (Å²) in [6.07, 6.45) is 11.7. The minimum absolute atomic E-state index is 0.932. The number of hydrogen-bond acceptors (Lipinski definition) is 1. The van der Waals surface area contributed by atoms with Crippen LogP contribution in [0.4, 0.5) is 0 Å². The van der Waals surface area contributed by atoms with E-state index in [1.165, 1.54) is 70.0 Å². The van der Waals surface area contributed by atoms with Crippen LogP contribution in [0.5, 0.6) is 0 Å². The summed E-state index contributed by atoms with van der Waals surface area (Å²) in [4.78, 5) is 2.56. The number of rotatable bonds is 2. The molecule has 1 aliphatic heterocycles. The van der Waals surface area contributed by atoms with Crippen LogP contribution in [-0.4, -0.2) is 18.0 Å². The smallest absolute Gasteiger partial charge is 0.0233 e. The molecular weight excluding hydrogens is 290 g/mol. The first-order chi connectivity index (χ1) is 11.7. The van der Waals surface area contributed by atoms with Crippen LogP contribution >= 0.6 is 0 Å². The summed E-state index contributed by atoms with van der Waals surface area (Å²) >= 11 is 0. The fourth-order valence-electron chi connectivity index (χ4n) is 3.55. The predicted octanol–water partition coefficient (Wildman–Crippen LogP) is 6.92. The van der Waals surface area contributed by atoms with Crippen molar-refractivity contribution in [3.05, 3.63) is 35.9 Å². The quantitative estimate of drug-likeness (QED) is 0.531. The average Bonchev–Trinajstić information content (AvgIpc) is 2.88. The van der Waals surface area contributed by atoms with Gasteiger partial charge < -0.3 is 0 Å². The molecule has 0 atom stereocenters. The van der Waals surface area contributed by atoms with E-state index in [0.717, 1.165) is 18.4 Å². The molecule has 0 radical (unpaired) electrons. The van der Waals surface area contributed by atoms with E-state index < -0.39 is 0 Å². The van der Waals surface area contributed by atoms with Gasteiger partial charge in [0.2, 0.25) is 0 Å². The Bertz CT molecular complexity index is 370. The molecule has 1 aromatic carbocycles. The topological polar surface area (TPSA) is 3.24 Å². The van der Waals surface area contributed by atoms with Gasteiger partial charge in [0.15, 0.2) is 0 Å². The van der Waals surface area contributed by atoms with Gasteiger partial charge in [-0.2, -0.15) is 0 Å². The van der Waals surface area contributed by atoms with Crippen molar-refractivity contribution in [3.63, 3.8) is 0 Å². The van der Waals surface area contributed by atoms with Gasteiger partial charge in [-0.05, 0) is 43.3 Å². The number of nitrogens with zero attached hydrogens (tertiary/aromatic N) is 1. The third-order valence-electron chi connectivity index (χ3n) is 5.27. The van der Waals surface area contributed by atoms with E-state index in [-0.39, 0.29) is 0 Å². The molecule has 1 nitrogen and oxygen atoms in total. The molecular formula is C23H41N. The maximum absolute atomic E-state index is 2.56. The largest absolute Gasteiger partial charge is 0.299 e. The minimum Gasteiger partial charge on any atom is -0.299 e. The highest BCUT2D eigenvalue weighted by Gasteiger charge is 2.15. The average molecular weight is 332 g/mol. The summed E-state index contributed by atoms with van der Waals surface area (Å²) in [5.74, 6) is 1.96. The predicted molar refractivity (Wildman–Crippen MR) is 108 cm³/mol. The molecule has 0 N–H and O–H groups in total. The molecule has 1 heteroatoms. The zero-order chi connectivity index (χ0) is 17.6. The highest BCUT2D eigenvalue weighted by Crippen LogP contribution is 2.21. The first kappa shape index (κ1) is 21.2. The summed E-state index contributed by atoms with van der Waals surface area (Å²) in [6.45, 7) is 12.4. The van der Waals surface area contributed by atoms with Crippen molar-refractivity contribution in [1.29, 1.82) is 0 Å². The van der Waals surface area contributed by atoms with Crippen LogP contribution in [0.1, 0.15) is 84.6 Å². The van der Waals surface area contributed by atoms with Crippen molar-refractivity contribution < 1.29 is 0 Å². The normalized spacial score (nSPS) is 20.2. The Labute approximate surface area is 151 Å². The molecule has 0 aromatic heterocycles. The van der Waals surface area contributed by atoms with E-state index in [2.05, 4.69) is 49.1 Å². The Morgan fingerprint density at radius 2 is 1.25 bits per heavy atom. The van der Waals surface area contributed by atoms with Crippen LogP contribution in [0, 0.1) is 11.8 Å². The Kier molecular flexibility index (Phi) is 11.9. The maximum atomic E-state index is 2.56. The van der Waals surface area contributed by atoms with E-state index in [1.54, 1.807) is 0 Å². The monoisotopic (exact) mass is 331 g/mol. The van der Waals surface area contributed by atoms with Crippen LogP contribution in [0.2, 0.25) is 0 Å². The van der Waals surface area contributed by atoms with Gasteiger partial charge in [-0.15, -0.1) is 0 Å². The van der Waals surface area contributed by atoms with Gasteiger partial charge in [-0.1, -0.05) is 96.6 Å². The summed E-state index contributed by atoms with van der Waals surface area (Å²) in [5.41, 5.74) is 1.45. The van der Waals surface area contributed by atoms with Gasteiger partial charge in [-0.3, -0.25) is 4.90 Å². The molecule has 1 aliphatic carbocycles. The van der Waals surface area contributed by atoms with Gasteiger partial charge in [0.05, 0.1) is 0 Å². The highest BCUT2D eigenvalue weighted by molar-refractivity contribution is 5.14. The van der Waals surface area contributed by atoms with Crippen LogP contribution in [0.3, 0.4) is 0 Å². The third-order valence-corrected chi connectivity index (χ3v) is 5.27. The van der Waals surface area contributed by atoms with Gasteiger partial charge in [0.1, 0.15) is 0 Å². The molecule has 1 heterocycles. The lowest BCUT2D eigenvalue weighted by Gasteiger charge is -2.30. The van der Waals surface area contributed by atoms with Gasteiger partial charge >= 0.3 is 0 Å². The third kappa shape index (κ3) is 9.47. The molecule has 1 saturated carbocycles. The molecule has 2 aliphatic rings. The number of hydrogen-bond donors (Lipinski definition) is 0. The second kappa shape index (κ2) is 13.5. The number of piperidine rings is 1. The zero-order valence-electron chi connectivity index (χ0n) is 16.8. The minimum atomic E-state index is 0.932. The number of likely N-dealkylation sites (tertiary alicyclic amines) is 1. The van der Waals surface area contributed by atoms with Crippen LogP contribution in [0.25, 0.3) is 0 Å². The SMILES string of the molecule is CC.CC1CCCCCC1.CC1CCN(Cc2ccccc2)CC1. The molecule has 1 saturated heterocycles. The fourth-order valence-corrected chi connectivity index (χ4v) is 3.55. The van der Waals surface area contributed by atoms with Crippen molar-refractivity contribution >= 4 is 0 Å². The molecule has 138 valence electrons. The van der Waals surface area contributed by atoms with Gasteiger partial charge in [0.25, 0.3) is 0 Å². The first-order valence-corrected chi connectivity index (χ1v) is 10.5. The lowest BCUT2D eigenvalue weighted by molar-refractivity contribution is 0.185. The van der Waals surface area contributed by atoms with E-state index >= 15 is 0 Å². The van der Waals surface area contributed by atoms with Crippen molar-refractivity contribution in [3.8, 4) is 0 Å². The van der Waals surface area contributed by atoms with Crippen LogP contribution in [0.15, 0.2) is 30.3 Å². The Morgan fingerprint density at radius 1 is 0.750 bits per heavy atom. The molecule has 2 fully saturated rings. The van der Waals surface area contributed by atoms with Crippen molar-refractivity contribution in [1.82, 2.24) is 4.90 Å². The molecule has 24 heavy (non-hydrogen) atoms. The van der Waals surface area contributed by atoms with E-state index in [4.69, 9.17) is 0 Å². The van der Waals surface area contributed by atoms with Crippen LogP contribution < -0.4 is 0 Å². The second-order valence-electron chi connectivity index (χ2n) is 7.54. The van der Waals surface area contributed by atoms with E-state index in [1.807, 2.05) is 13.8 Å². The van der Waals surface area contributed by atoms with E-state index in [0.29, 0.717) is 0 Å². The zero-order valence-corrected chi connectivity index (χ0v) is 16.8. The van der Waals surface area contributed by atoms with Gasteiger partial charge in [0, 0.05) is 6.54 Å². The summed E-state index contributed by atoms with van der Waals surface area (Å²) < 4.78 is 0. The molecule has 0 unspecified atom stereocenters. The Balaban J connectivity index is 0.000000245. The first-order valence-electron chi connectivity index (χ1n) is 10.5. The van der Waals surface area contributed by atoms with E-state index in [9.17, 15) is 0 Å². The molecule has 3 rings (SSSR count). The number of benzene rings is 1. The summed E-state index contributed by atoms with van der Waals surface area (Å²) in [7, 11) is 0. The highest BCUT2D eigenvalue weighted by atomic mass is 15.1. The molecule has 0 spiro atoms. The Morgan fingerprint density at radius 3 is 1.79 bits per heavy atom. The summed E-state index contributed by atoms with van der Waals surface area (Å²) in [5, 5.41) is 0. The van der Waals surface area contributed by atoms with Crippen molar-refractivity contribution in [2.75, 3.05) is 13.1 Å². The lowest BCUT2D eigenvalue weighted by atomic mass is 9.99. The summed E-state index contributed by atoms with van der Waals surface area (Å²) in [6, 6.07) is 10.8. The van der Waals surface area contributed by atoms with Crippen molar-refractivity contribution in [2.45, 2.75) is 85.6 Å². The Hall–Kier alpha value is -0.820. The fraction of sp³-hybridized carbons (Fsp3) is 0.739. The maximum Gasteiger partial charge on any atom is 0.0233 e.